The Hall–Kier alpha value is -2.37. The normalized spacial score (nSPS) is 16.7. The number of nitrogens with zero attached hydrogens (tertiary/aromatic N) is 1. The highest BCUT2D eigenvalue weighted by Gasteiger charge is 2.28. The monoisotopic (exact) mass is 354 g/mol. The van der Waals surface area contributed by atoms with Gasteiger partial charge in [0.15, 0.2) is 0 Å². The molecule has 1 fully saturated rings. The minimum Gasteiger partial charge on any atom is -0.382 e. The first-order chi connectivity index (χ1) is 12.8. The van der Waals surface area contributed by atoms with E-state index in [1.165, 1.54) is 0 Å². The van der Waals surface area contributed by atoms with Crippen LogP contribution in [0.4, 0.5) is 11.4 Å². The van der Waals surface area contributed by atoms with E-state index in [2.05, 4.69) is 5.32 Å². The third-order valence-corrected chi connectivity index (χ3v) is 4.57. The molecular formula is C21H26N2O3. The number of likely N-dealkylation sites (tertiary alicyclic amines) is 1. The lowest BCUT2D eigenvalue weighted by atomic mass is 10.1. The van der Waals surface area contributed by atoms with Crippen LogP contribution in [0.5, 0.6) is 0 Å². The number of hydrogen-bond donors (Lipinski definition) is 1. The van der Waals surface area contributed by atoms with Crippen LogP contribution < -0.4 is 5.32 Å². The first kappa shape index (κ1) is 18.4. The van der Waals surface area contributed by atoms with E-state index in [1.54, 1.807) is 7.11 Å². The fourth-order valence-corrected chi connectivity index (χ4v) is 3.17. The lowest BCUT2D eigenvalue weighted by Gasteiger charge is -2.19. The molecule has 138 valence electrons. The average Bonchev–Trinajstić information content (AvgIpc) is 3.15. The van der Waals surface area contributed by atoms with Gasteiger partial charge in [0.2, 0.25) is 0 Å². The molecule has 0 bridgehead atoms. The van der Waals surface area contributed by atoms with Crippen LogP contribution in [0.3, 0.4) is 0 Å². The molecule has 0 radical (unpaired) electrons. The summed E-state index contributed by atoms with van der Waals surface area (Å²) >= 11 is 0. The zero-order valence-corrected chi connectivity index (χ0v) is 15.2. The van der Waals surface area contributed by atoms with E-state index in [0.29, 0.717) is 31.3 Å². The molecule has 0 saturated carbocycles. The standard InChI is InChI=1S/C21H26N2O3/c1-25-13-14-26-16-17-11-12-23(15-17)21(24)19-9-5-6-10-20(19)22-18-7-3-2-4-8-18/h2-10,17,22H,11-16H2,1H3. The van der Waals surface area contributed by atoms with Crippen molar-refractivity contribution in [1.82, 2.24) is 4.90 Å². The molecule has 26 heavy (non-hydrogen) atoms. The van der Waals surface area contributed by atoms with E-state index in [4.69, 9.17) is 9.47 Å². The Labute approximate surface area is 154 Å². The molecule has 3 rings (SSSR count). The number of carbonyl (C=O) groups is 1. The summed E-state index contributed by atoms with van der Waals surface area (Å²) in [7, 11) is 1.67. The second kappa shape index (κ2) is 9.36. The van der Waals surface area contributed by atoms with Gasteiger partial charge in [-0.2, -0.15) is 0 Å². The van der Waals surface area contributed by atoms with E-state index < -0.39 is 0 Å². The molecule has 1 unspecified atom stereocenters. The minimum atomic E-state index is 0.0726. The largest absolute Gasteiger partial charge is 0.382 e. The summed E-state index contributed by atoms with van der Waals surface area (Å²) in [6.45, 7) is 3.40. The molecule has 1 aliphatic rings. The number of rotatable bonds is 8. The number of amides is 1. The molecule has 1 amide bonds. The molecule has 0 aliphatic carbocycles. The van der Waals surface area contributed by atoms with Crippen LogP contribution >= 0.6 is 0 Å². The summed E-state index contributed by atoms with van der Waals surface area (Å²) in [4.78, 5) is 14.9. The van der Waals surface area contributed by atoms with Crippen LogP contribution in [0.15, 0.2) is 54.6 Å². The smallest absolute Gasteiger partial charge is 0.255 e. The summed E-state index contributed by atoms with van der Waals surface area (Å²) in [6.07, 6.45) is 0.979. The molecule has 2 aromatic carbocycles. The van der Waals surface area contributed by atoms with Crippen molar-refractivity contribution in [1.29, 1.82) is 0 Å². The van der Waals surface area contributed by atoms with Gasteiger partial charge in [-0.15, -0.1) is 0 Å². The summed E-state index contributed by atoms with van der Waals surface area (Å²) in [6, 6.07) is 17.6. The molecule has 0 aromatic heterocycles. The first-order valence-corrected chi connectivity index (χ1v) is 9.05. The van der Waals surface area contributed by atoms with E-state index in [0.717, 1.165) is 30.9 Å². The average molecular weight is 354 g/mol. The molecule has 1 saturated heterocycles. The first-order valence-electron chi connectivity index (χ1n) is 9.05. The van der Waals surface area contributed by atoms with Gasteiger partial charge in [0.1, 0.15) is 0 Å². The Morgan fingerprint density at radius 3 is 2.69 bits per heavy atom. The minimum absolute atomic E-state index is 0.0726. The van der Waals surface area contributed by atoms with Crippen molar-refractivity contribution < 1.29 is 14.3 Å². The highest BCUT2D eigenvalue weighted by atomic mass is 16.5. The van der Waals surface area contributed by atoms with Crippen molar-refractivity contribution in [2.75, 3.05) is 45.3 Å². The van der Waals surface area contributed by atoms with Crippen LogP contribution in [-0.4, -0.2) is 50.8 Å². The van der Waals surface area contributed by atoms with Gasteiger partial charge in [-0.1, -0.05) is 30.3 Å². The van der Waals surface area contributed by atoms with E-state index in [-0.39, 0.29) is 5.91 Å². The predicted molar refractivity (Wildman–Crippen MR) is 103 cm³/mol. The maximum Gasteiger partial charge on any atom is 0.255 e. The zero-order chi connectivity index (χ0) is 18.2. The SMILES string of the molecule is COCCOCC1CCN(C(=O)c2ccccc2Nc2ccccc2)C1. The highest BCUT2D eigenvalue weighted by Crippen LogP contribution is 2.25. The number of carbonyl (C=O) groups excluding carboxylic acids is 1. The van der Waals surface area contributed by atoms with Gasteiger partial charge < -0.3 is 19.7 Å². The fourth-order valence-electron chi connectivity index (χ4n) is 3.17. The van der Waals surface area contributed by atoms with Crippen LogP contribution in [-0.2, 0) is 9.47 Å². The number of methoxy groups -OCH3 is 1. The number of hydrogen-bond acceptors (Lipinski definition) is 4. The van der Waals surface area contributed by atoms with Gasteiger partial charge in [-0.05, 0) is 30.7 Å². The van der Waals surface area contributed by atoms with E-state index in [9.17, 15) is 4.79 Å². The van der Waals surface area contributed by atoms with Crippen LogP contribution in [0.1, 0.15) is 16.8 Å². The van der Waals surface area contributed by atoms with Gasteiger partial charge in [0, 0.05) is 31.8 Å². The van der Waals surface area contributed by atoms with Crippen molar-refractivity contribution in [3.63, 3.8) is 0 Å². The predicted octanol–water partition coefficient (Wildman–Crippen LogP) is 3.56. The number of anilines is 2. The fraction of sp³-hybridized carbons (Fsp3) is 0.381. The van der Waals surface area contributed by atoms with Crippen molar-refractivity contribution in [3.8, 4) is 0 Å². The Morgan fingerprint density at radius 1 is 1.12 bits per heavy atom. The molecule has 2 aromatic rings. The Morgan fingerprint density at radius 2 is 1.88 bits per heavy atom. The van der Waals surface area contributed by atoms with Crippen molar-refractivity contribution in [2.45, 2.75) is 6.42 Å². The number of nitrogens with one attached hydrogen (secondary N) is 1. The second-order valence-corrected chi connectivity index (χ2v) is 6.51. The van der Waals surface area contributed by atoms with Crippen LogP contribution in [0, 0.1) is 5.92 Å². The molecule has 5 heteroatoms. The number of benzene rings is 2. The molecule has 1 N–H and O–H groups in total. The summed E-state index contributed by atoms with van der Waals surface area (Å²) in [5, 5.41) is 3.35. The quantitative estimate of drug-likeness (QED) is 0.737. The Kier molecular flexibility index (Phi) is 6.63. The van der Waals surface area contributed by atoms with Gasteiger partial charge >= 0.3 is 0 Å². The molecule has 1 heterocycles. The number of ether oxygens (including phenoxy) is 2. The van der Waals surface area contributed by atoms with Gasteiger partial charge in [0.05, 0.1) is 31.1 Å². The third-order valence-electron chi connectivity index (χ3n) is 4.57. The lowest BCUT2D eigenvalue weighted by molar-refractivity contribution is 0.0515. The van der Waals surface area contributed by atoms with Crippen molar-refractivity contribution in [2.24, 2.45) is 5.92 Å². The zero-order valence-electron chi connectivity index (χ0n) is 15.2. The van der Waals surface area contributed by atoms with Crippen LogP contribution in [0.2, 0.25) is 0 Å². The summed E-state index contributed by atoms with van der Waals surface area (Å²) in [5.41, 5.74) is 2.51. The van der Waals surface area contributed by atoms with E-state index >= 15 is 0 Å². The molecule has 1 atom stereocenters. The third kappa shape index (κ3) is 4.84. The number of para-hydroxylation sites is 2. The maximum absolute atomic E-state index is 13.0. The Bertz CT molecular complexity index is 705. The van der Waals surface area contributed by atoms with Crippen LogP contribution in [0.25, 0.3) is 0 Å². The van der Waals surface area contributed by atoms with Gasteiger partial charge in [-0.25, -0.2) is 0 Å². The highest BCUT2D eigenvalue weighted by molar-refractivity contribution is 6.00. The summed E-state index contributed by atoms with van der Waals surface area (Å²) < 4.78 is 10.6. The van der Waals surface area contributed by atoms with Crippen molar-refractivity contribution in [3.05, 3.63) is 60.2 Å². The Balaban J connectivity index is 1.62. The topological polar surface area (TPSA) is 50.8 Å². The lowest BCUT2D eigenvalue weighted by Crippen LogP contribution is -2.29. The summed E-state index contributed by atoms with van der Waals surface area (Å²) in [5.74, 6) is 0.466. The molecule has 5 nitrogen and oxygen atoms in total. The van der Waals surface area contributed by atoms with Gasteiger partial charge in [-0.3, -0.25) is 4.79 Å². The molecule has 1 aliphatic heterocycles. The second-order valence-electron chi connectivity index (χ2n) is 6.51. The van der Waals surface area contributed by atoms with Gasteiger partial charge in [0.25, 0.3) is 5.91 Å². The molecule has 0 spiro atoms. The van der Waals surface area contributed by atoms with E-state index in [1.807, 2.05) is 59.5 Å². The maximum atomic E-state index is 13.0. The van der Waals surface area contributed by atoms with Crippen molar-refractivity contribution >= 4 is 17.3 Å². The molecular weight excluding hydrogens is 328 g/mol.